The van der Waals surface area contributed by atoms with Crippen molar-refractivity contribution in [3.05, 3.63) is 12.4 Å². The van der Waals surface area contributed by atoms with Crippen molar-refractivity contribution in [2.45, 2.75) is 32.2 Å². The van der Waals surface area contributed by atoms with Crippen molar-refractivity contribution in [1.29, 1.82) is 0 Å². The van der Waals surface area contributed by atoms with Gasteiger partial charge in [0, 0.05) is 17.9 Å². The summed E-state index contributed by atoms with van der Waals surface area (Å²) >= 11 is 3.55. The molecule has 1 unspecified atom stereocenters. The lowest BCUT2D eigenvalue weighted by Crippen LogP contribution is -2.31. The summed E-state index contributed by atoms with van der Waals surface area (Å²) in [4.78, 5) is 11.0. The maximum atomic E-state index is 5.51. The molecule has 94 valence electrons. The van der Waals surface area contributed by atoms with Gasteiger partial charge in [-0.15, -0.1) is 0 Å². The highest BCUT2D eigenvalue weighted by atomic mass is 79.9. The smallest absolute Gasteiger partial charge is 0.234 e. The molecule has 1 aromatic heterocycles. The summed E-state index contributed by atoms with van der Waals surface area (Å²) in [6.45, 7) is 3.83. The molecule has 0 amide bonds. The van der Waals surface area contributed by atoms with Crippen LogP contribution < -0.4 is 9.64 Å². The highest BCUT2D eigenvalue weighted by molar-refractivity contribution is 9.09. The Morgan fingerprint density at radius 1 is 1.53 bits per heavy atom. The quantitative estimate of drug-likeness (QED) is 0.784. The molecule has 1 aliphatic rings. The van der Waals surface area contributed by atoms with Gasteiger partial charge in [-0.05, 0) is 19.3 Å². The molecule has 0 spiro atoms. The molecule has 2 rings (SSSR count). The standard InChI is InChI=1S/C12H18BrN3O/c1-2-6-17-12-9-14-8-11(15-12)16-5-3-4-10(16)7-13/h8-10H,2-7H2,1H3. The van der Waals surface area contributed by atoms with Gasteiger partial charge >= 0.3 is 0 Å². The number of alkyl halides is 1. The maximum Gasteiger partial charge on any atom is 0.234 e. The first-order valence-corrected chi connectivity index (χ1v) is 7.24. The van der Waals surface area contributed by atoms with E-state index in [4.69, 9.17) is 4.74 Å². The third kappa shape index (κ3) is 3.09. The Labute approximate surface area is 111 Å². The van der Waals surface area contributed by atoms with Gasteiger partial charge in [-0.3, -0.25) is 4.98 Å². The van der Waals surface area contributed by atoms with E-state index in [1.807, 2.05) is 6.20 Å². The predicted octanol–water partition coefficient (Wildman–Crippen LogP) is 2.63. The Bertz CT molecular complexity index is 361. The van der Waals surface area contributed by atoms with Crippen molar-refractivity contribution in [2.75, 3.05) is 23.4 Å². The van der Waals surface area contributed by atoms with Crippen molar-refractivity contribution in [3.63, 3.8) is 0 Å². The van der Waals surface area contributed by atoms with E-state index < -0.39 is 0 Å². The zero-order chi connectivity index (χ0) is 12.1. The molecule has 5 heteroatoms. The second-order valence-corrected chi connectivity index (χ2v) is 4.86. The van der Waals surface area contributed by atoms with Crippen LogP contribution in [0.15, 0.2) is 12.4 Å². The van der Waals surface area contributed by atoms with Crippen molar-refractivity contribution in [3.8, 4) is 5.88 Å². The third-order valence-corrected chi connectivity index (χ3v) is 3.65. The topological polar surface area (TPSA) is 38.2 Å². The first kappa shape index (κ1) is 12.6. The van der Waals surface area contributed by atoms with Crippen LogP contribution in [0.1, 0.15) is 26.2 Å². The SMILES string of the molecule is CCCOc1cncc(N2CCCC2CBr)n1. The van der Waals surface area contributed by atoms with Gasteiger partial charge in [-0.25, -0.2) is 0 Å². The molecule has 1 saturated heterocycles. The van der Waals surface area contributed by atoms with Crippen LogP contribution in [0.5, 0.6) is 5.88 Å². The lowest BCUT2D eigenvalue weighted by atomic mass is 10.2. The van der Waals surface area contributed by atoms with Gasteiger partial charge in [-0.2, -0.15) is 4.98 Å². The van der Waals surface area contributed by atoms with Crippen molar-refractivity contribution in [1.82, 2.24) is 9.97 Å². The Morgan fingerprint density at radius 2 is 2.41 bits per heavy atom. The average Bonchev–Trinajstić information content (AvgIpc) is 2.85. The van der Waals surface area contributed by atoms with E-state index in [0.717, 1.165) is 24.1 Å². The number of hydrogen-bond donors (Lipinski definition) is 0. The predicted molar refractivity (Wildman–Crippen MR) is 72.0 cm³/mol. The molecule has 0 aromatic carbocycles. The summed E-state index contributed by atoms with van der Waals surface area (Å²) in [6, 6.07) is 0.533. The highest BCUT2D eigenvalue weighted by Crippen LogP contribution is 2.25. The number of nitrogens with zero attached hydrogens (tertiary/aromatic N) is 3. The van der Waals surface area contributed by atoms with Gasteiger partial charge < -0.3 is 9.64 Å². The second-order valence-electron chi connectivity index (χ2n) is 4.21. The molecule has 0 bridgehead atoms. The summed E-state index contributed by atoms with van der Waals surface area (Å²) < 4.78 is 5.51. The van der Waals surface area contributed by atoms with E-state index in [2.05, 4.69) is 37.7 Å². The molecule has 1 aromatic rings. The fourth-order valence-corrected chi connectivity index (χ4v) is 2.72. The molecule has 1 fully saturated rings. The molecule has 0 saturated carbocycles. The normalized spacial score (nSPS) is 19.6. The van der Waals surface area contributed by atoms with Gasteiger partial charge in [0.1, 0.15) is 0 Å². The van der Waals surface area contributed by atoms with Crippen LogP contribution in [0.3, 0.4) is 0 Å². The maximum absolute atomic E-state index is 5.51. The number of ether oxygens (including phenoxy) is 1. The van der Waals surface area contributed by atoms with E-state index in [-0.39, 0.29) is 0 Å². The van der Waals surface area contributed by atoms with Gasteiger partial charge in [0.25, 0.3) is 0 Å². The molecule has 4 nitrogen and oxygen atoms in total. The summed E-state index contributed by atoms with van der Waals surface area (Å²) in [7, 11) is 0. The first-order chi connectivity index (χ1) is 8.35. The zero-order valence-electron chi connectivity index (χ0n) is 10.1. The minimum absolute atomic E-state index is 0.533. The van der Waals surface area contributed by atoms with Crippen LogP contribution >= 0.6 is 15.9 Å². The van der Waals surface area contributed by atoms with E-state index in [0.29, 0.717) is 18.5 Å². The number of halogens is 1. The van der Waals surface area contributed by atoms with Crippen LogP contribution in [0.25, 0.3) is 0 Å². The minimum Gasteiger partial charge on any atom is -0.477 e. The first-order valence-electron chi connectivity index (χ1n) is 6.12. The summed E-state index contributed by atoms with van der Waals surface area (Å²) in [5.74, 6) is 1.56. The number of hydrogen-bond acceptors (Lipinski definition) is 4. The van der Waals surface area contributed by atoms with Crippen LogP contribution in [0.4, 0.5) is 5.82 Å². The third-order valence-electron chi connectivity index (χ3n) is 2.90. The lowest BCUT2D eigenvalue weighted by Gasteiger charge is -2.23. The van der Waals surface area contributed by atoms with E-state index in [9.17, 15) is 0 Å². The van der Waals surface area contributed by atoms with Crippen LogP contribution in [-0.2, 0) is 0 Å². The Kier molecular flexibility index (Phi) is 4.59. The minimum atomic E-state index is 0.533. The van der Waals surface area contributed by atoms with Crippen LogP contribution in [0, 0.1) is 0 Å². The lowest BCUT2D eigenvalue weighted by molar-refractivity contribution is 0.304. The molecule has 0 aliphatic carbocycles. The number of anilines is 1. The van der Waals surface area contributed by atoms with Crippen molar-refractivity contribution < 1.29 is 4.74 Å². The van der Waals surface area contributed by atoms with Crippen LogP contribution in [-0.4, -0.2) is 34.5 Å². The van der Waals surface area contributed by atoms with Crippen molar-refractivity contribution in [2.24, 2.45) is 0 Å². The molecule has 2 heterocycles. The summed E-state index contributed by atoms with van der Waals surface area (Å²) in [5, 5.41) is 0.981. The van der Waals surface area contributed by atoms with Crippen LogP contribution in [0.2, 0.25) is 0 Å². The fraction of sp³-hybridized carbons (Fsp3) is 0.667. The Morgan fingerprint density at radius 3 is 3.18 bits per heavy atom. The van der Waals surface area contributed by atoms with E-state index in [1.54, 1.807) is 6.20 Å². The largest absolute Gasteiger partial charge is 0.477 e. The zero-order valence-corrected chi connectivity index (χ0v) is 11.7. The molecular formula is C12H18BrN3O. The summed E-state index contributed by atoms with van der Waals surface area (Å²) in [6.07, 6.45) is 6.92. The Hall–Kier alpha value is -0.840. The van der Waals surface area contributed by atoms with E-state index in [1.165, 1.54) is 12.8 Å². The number of aromatic nitrogens is 2. The second kappa shape index (κ2) is 6.19. The molecule has 0 radical (unpaired) electrons. The van der Waals surface area contributed by atoms with Gasteiger partial charge in [-0.1, -0.05) is 22.9 Å². The molecular weight excluding hydrogens is 282 g/mol. The monoisotopic (exact) mass is 299 g/mol. The molecule has 1 atom stereocenters. The van der Waals surface area contributed by atoms with Gasteiger partial charge in [0.15, 0.2) is 5.82 Å². The molecule has 0 N–H and O–H groups in total. The fourth-order valence-electron chi connectivity index (χ4n) is 2.05. The van der Waals surface area contributed by atoms with Gasteiger partial charge in [0.05, 0.1) is 19.0 Å². The van der Waals surface area contributed by atoms with E-state index >= 15 is 0 Å². The van der Waals surface area contributed by atoms with Crippen molar-refractivity contribution >= 4 is 21.7 Å². The molecule has 17 heavy (non-hydrogen) atoms. The van der Waals surface area contributed by atoms with Gasteiger partial charge in [0.2, 0.25) is 5.88 Å². The Balaban J connectivity index is 2.09. The number of rotatable bonds is 5. The highest BCUT2D eigenvalue weighted by Gasteiger charge is 2.24. The average molecular weight is 300 g/mol. The molecule has 1 aliphatic heterocycles. The summed E-state index contributed by atoms with van der Waals surface area (Å²) in [5.41, 5.74) is 0.